The van der Waals surface area contributed by atoms with E-state index in [1.807, 2.05) is 0 Å². The Kier molecular flexibility index (Phi) is 6.07. The highest BCUT2D eigenvalue weighted by Crippen LogP contribution is 2.19. The summed E-state index contributed by atoms with van der Waals surface area (Å²) in [5.74, 6) is 0.249. The Morgan fingerprint density at radius 1 is 1.21 bits per heavy atom. The molecule has 1 N–H and O–H groups in total. The van der Waals surface area contributed by atoms with Crippen LogP contribution in [0.2, 0.25) is 0 Å². The predicted molar refractivity (Wildman–Crippen MR) is 79.6 cm³/mol. The zero-order valence-electron chi connectivity index (χ0n) is 11.9. The van der Waals surface area contributed by atoms with E-state index in [0.29, 0.717) is 12.0 Å². The quantitative estimate of drug-likeness (QED) is 0.605. The van der Waals surface area contributed by atoms with Gasteiger partial charge in [-0.05, 0) is 63.8 Å². The lowest BCUT2D eigenvalue weighted by atomic mass is 10.0. The highest BCUT2D eigenvalue weighted by atomic mass is 16.3. The van der Waals surface area contributed by atoms with E-state index in [1.165, 1.54) is 11.1 Å². The minimum absolute atomic E-state index is 0.249. The number of phenols is 1. The smallest absolute Gasteiger partial charge is 0.150 e. The first-order chi connectivity index (χ1) is 9.02. The summed E-state index contributed by atoms with van der Waals surface area (Å²) in [7, 11) is 0. The maximum absolute atomic E-state index is 10.7. The van der Waals surface area contributed by atoms with Crippen LogP contribution in [-0.2, 0) is 6.42 Å². The molecule has 0 fully saturated rings. The molecule has 2 nitrogen and oxygen atoms in total. The summed E-state index contributed by atoms with van der Waals surface area (Å²) in [6.07, 6.45) is 7.87. The lowest BCUT2D eigenvalue weighted by Gasteiger charge is -2.04. The summed E-state index contributed by atoms with van der Waals surface area (Å²) in [5, 5.41) is 9.74. The van der Waals surface area contributed by atoms with Gasteiger partial charge in [-0.3, -0.25) is 4.79 Å². The highest BCUT2D eigenvalue weighted by molar-refractivity contribution is 5.75. The van der Waals surface area contributed by atoms with Crippen molar-refractivity contribution in [3.05, 3.63) is 52.6 Å². The molecule has 0 bridgehead atoms. The van der Waals surface area contributed by atoms with Crippen molar-refractivity contribution in [1.82, 2.24) is 0 Å². The third-order valence-corrected chi connectivity index (χ3v) is 3.00. The van der Waals surface area contributed by atoms with E-state index in [-0.39, 0.29) is 5.75 Å². The fourth-order valence-corrected chi connectivity index (χ4v) is 1.82. The molecule has 0 saturated heterocycles. The number of carbonyl (C=O) groups excluding carboxylic acids is 1. The number of hydrogen-bond acceptors (Lipinski definition) is 2. The molecule has 0 heterocycles. The van der Waals surface area contributed by atoms with Crippen LogP contribution in [0.25, 0.3) is 0 Å². The van der Waals surface area contributed by atoms with Gasteiger partial charge in [0.15, 0.2) is 0 Å². The molecule has 1 rings (SSSR count). The molecule has 1 aromatic carbocycles. The molecule has 2 heteroatoms. The molecule has 0 aliphatic heterocycles. The summed E-state index contributed by atoms with van der Waals surface area (Å²) in [6, 6.07) is 4.94. The van der Waals surface area contributed by atoms with Gasteiger partial charge < -0.3 is 5.11 Å². The van der Waals surface area contributed by atoms with Crippen molar-refractivity contribution in [2.45, 2.75) is 40.0 Å². The summed E-state index contributed by atoms with van der Waals surface area (Å²) in [6.45, 7) is 6.30. The molecule has 0 spiro atoms. The van der Waals surface area contributed by atoms with Crippen molar-refractivity contribution in [1.29, 1.82) is 0 Å². The van der Waals surface area contributed by atoms with Crippen LogP contribution in [0.15, 0.2) is 41.5 Å². The van der Waals surface area contributed by atoms with Crippen molar-refractivity contribution in [2.24, 2.45) is 0 Å². The summed E-state index contributed by atoms with van der Waals surface area (Å²) >= 11 is 0. The number of phenolic OH excluding ortho intramolecular Hbond substituents is 1. The molecular formula is C17H22O2. The van der Waals surface area contributed by atoms with Crippen LogP contribution in [0.4, 0.5) is 0 Å². The first-order valence-corrected chi connectivity index (χ1v) is 6.59. The topological polar surface area (TPSA) is 37.3 Å². The van der Waals surface area contributed by atoms with Crippen LogP contribution in [0.1, 0.15) is 49.5 Å². The lowest BCUT2D eigenvalue weighted by molar-refractivity contribution is 0.112. The number of aromatic hydroxyl groups is 1. The van der Waals surface area contributed by atoms with E-state index in [1.54, 1.807) is 18.2 Å². The van der Waals surface area contributed by atoms with Crippen LogP contribution in [0, 0.1) is 0 Å². The Labute approximate surface area is 115 Å². The van der Waals surface area contributed by atoms with Crippen molar-refractivity contribution in [3.63, 3.8) is 0 Å². The van der Waals surface area contributed by atoms with Gasteiger partial charge in [0.1, 0.15) is 12.0 Å². The van der Waals surface area contributed by atoms with Crippen LogP contribution < -0.4 is 0 Å². The van der Waals surface area contributed by atoms with Gasteiger partial charge in [0, 0.05) is 5.56 Å². The molecular weight excluding hydrogens is 236 g/mol. The zero-order chi connectivity index (χ0) is 14.3. The first kappa shape index (κ1) is 15.2. The summed E-state index contributed by atoms with van der Waals surface area (Å²) in [5.41, 5.74) is 4.03. The zero-order valence-corrected chi connectivity index (χ0v) is 11.9. The average molecular weight is 258 g/mol. The Morgan fingerprint density at radius 3 is 2.58 bits per heavy atom. The Hall–Kier alpha value is -1.83. The number of aldehydes is 1. The maximum Gasteiger partial charge on any atom is 0.150 e. The highest BCUT2D eigenvalue weighted by Gasteiger charge is 2.01. The standard InChI is InChI=1S/C17H22O2/c1-13(2)5-4-6-14(3)7-9-16-11-15(12-18)8-10-17(16)19/h5,7-8,10-12,19H,4,6,9H2,1-3H3. The maximum atomic E-state index is 10.7. The normalized spacial score (nSPS) is 11.2. The Balaban J connectivity index is 2.64. The van der Waals surface area contributed by atoms with E-state index in [9.17, 15) is 9.90 Å². The van der Waals surface area contributed by atoms with Crippen LogP contribution in [0.3, 0.4) is 0 Å². The van der Waals surface area contributed by atoms with Gasteiger partial charge in [-0.2, -0.15) is 0 Å². The molecule has 0 aliphatic rings. The van der Waals surface area contributed by atoms with Gasteiger partial charge in [0.2, 0.25) is 0 Å². The Morgan fingerprint density at radius 2 is 1.95 bits per heavy atom. The monoisotopic (exact) mass is 258 g/mol. The molecule has 0 amide bonds. The Bertz CT molecular complexity index is 492. The van der Waals surface area contributed by atoms with Crippen LogP contribution in [0.5, 0.6) is 5.75 Å². The third kappa shape index (κ3) is 5.56. The molecule has 0 saturated carbocycles. The second kappa shape index (κ2) is 7.57. The summed E-state index contributed by atoms with van der Waals surface area (Å²) < 4.78 is 0. The van der Waals surface area contributed by atoms with Gasteiger partial charge in [-0.25, -0.2) is 0 Å². The molecule has 0 radical (unpaired) electrons. The van der Waals surface area contributed by atoms with Gasteiger partial charge in [0.05, 0.1) is 0 Å². The van der Waals surface area contributed by atoms with Gasteiger partial charge in [-0.1, -0.05) is 23.3 Å². The van der Waals surface area contributed by atoms with E-state index >= 15 is 0 Å². The van der Waals surface area contributed by atoms with Gasteiger partial charge >= 0.3 is 0 Å². The van der Waals surface area contributed by atoms with E-state index in [0.717, 1.165) is 24.7 Å². The molecule has 0 unspecified atom stereocenters. The largest absolute Gasteiger partial charge is 0.508 e. The van der Waals surface area contributed by atoms with Crippen LogP contribution >= 0.6 is 0 Å². The molecule has 0 aliphatic carbocycles. The number of allylic oxidation sites excluding steroid dienone is 4. The second-order valence-electron chi connectivity index (χ2n) is 5.08. The number of benzene rings is 1. The predicted octanol–water partition coefficient (Wildman–Crippen LogP) is 4.44. The lowest BCUT2D eigenvalue weighted by Crippen LogP contribution is -1.88. The molecule has 19 heavy (non-hydrogen) atoms. The minimum Gasteiger partial charge on any atom is -0.508 e. The average Bonchev–Trinajstić information content (AvgIpc) is 2.37. The van der Waals surface area contributed by atoms with E-state index < -0.39 is 0 Å². The van der Waals surface area contributed by atoms with E-state index in [4.69, 9.17) is 0 Å². The number of carbonyl (C=O) groups is 1. The fraction of sp³-hybridized carbons (Fsp3) is 0.353. The summed E-state index contributed by atoms with van der Waals surface area (Å²) in [4.78, 5) is 10.7. The number of hydrogen-bond donors (Lipinski definition) is 1. The van der Waals surface area contributed by atoms with Gasteiger partial charge in [0.25, 0.3) is 0 Å². The van der Waals surface area contributed by atoms with Crippen molar-refractivity contribution >= 4 is 6.29 Å². The first-order valence-electron chi connectivity index (χ1n) is 6.59. The third-order valence-electron chi connectivity index (χ3n) is 3.00. The molecule has 102 valence electrons. The van der Waals surface area contributed by atoms with Crippen molar-refractivity contribution in [3.8, 4) is 5.75 Å². The van der Waals surface area contributed by atoms with Crippen LogP contribution in [-0.4, -0.2) is 11.4 Å². The van der Waals surface area contributed by atoms with Gasteiger partial charge in [-0.15, -0.1) is 0 Å². The van der Waals surface area contributed by atoms with Crippen molar-refractivity contribution < 1.29 is 9.90 Å². The molecule has 1 aromatic rings. The molecule has 0 atom stereocenters. The van der Waals surface area contributed by atoms with E-state index in [2.05, 4.69) is 32.9 Å². The SMILES string of the molecule is CC(C)=CCCC(C)=CCc1cc(C=O)ccc1O. The molecule has 0 aromatic heterocycles. The minimum atomic E-state index is 0.249. The van der Waals surface area contributed by atoms with Crippen molar-refractivity contribution in [2.75, 3.05) is 0 Å². The number of rotatable bonds is 6. The fourth-order valence-electron chi connectivity index (χ4n) is 1.82. The second-order valence-corrected chi connectivity index (χ2v) is 5.08.